The van der Waals surface area contributed by atoms with E-state index in [0.29, 0.717) is 55.9 Å². The smallest absolute Gasteiger partial charge is 0.409 e. The van der Waals surface area contributed by atoms with Crippen molar-refractivity contribution in [2.24, 2.45) is 0 Å². The summed E-state index contributed by atoms with van der Waals surface area (Å²) in [6.45, 7) is 6.10. The molecule has 1 aliphatic rings. The van der Waals surface area contributed by atoms with E-state index in [1.807, 2.05) is 30.3 Å². The molecule has 0 aliphatic carbocycles. The summed E-state index contributed by atoms with van der Waals surface area (Å²) in [6.07, 6.45) is 1.43. The van der Waals surface area contributed by atoms with Gasteiger partial charge in [0, 0.05) is 65.6 Å². The molecule has 1 fully saturated rings. The number of hydrogen-bond donors (Lipinski definition) is 0. The van der Waals surface area contributed by atoms with Crippen LogP contribution in [0.25, 0.3) is 21.8 Å². The SMILES string of the molecule is CCOC(=O)N1CCN(CCOC(=O)c2cc3c4ccccc4n(Cc4cc(Cl)ccc4Cl)c3cn2)CC1. The highest BCUT2D eigenvalue weighted by molar-refractivity contribution is 6.33. The molecule has 0 spiro atoms. The van der Waals surface area contributed by atoms with E-state index in [0.717, 1.165) is 27.4 Å². The maximum atomic E-state index is 12.8. The number of ether oxygens (including phenoxy) is 2. The van der Waals surface area contributed by atoms with E-state index in [-0.39, 0.29) is 18.4 Å². The van der Waals surface area contributed by atoms with Crippen LogP contribution in [0.15, 0.2) is 54.7 Å². The molecule has 10 heteroatoms. The topological polar surface area (TPSA) is 76.9 Å². The highest BCUT2D eigenvalue weighted by Crippen LogP contribution is 2.31. The summed E-state index contributed by atoms with van der Waals surface area (Å²) in [7, 11) is 0. The predicted molar refractivity (Wildman–Crippen MR) is 148 cm³/mol. The zero-order valence-corrected chi connectivity index (χ0v) is 22.5. The number of nitrogens with zero attached hydrogens (tertiary/aromatic N) is 4. The second-order valence-corrected chi connectivity index (χ2v) is 9.93. The van der Waals surface area contributed by atoms with Gasteiger partial charge >= 0.3 is 12.1 Å². The van der Waals surface area contributed by atoms with E-state index in [1.54, 1.807) is 36.2 Å². The Bertz CT molecular complexity index is 1480. The molecule has 1 saturated heterocycles. The lowest BCUT2D eigenvalue weighted by molar-refractivity contribution is 0.0407. The Labute approximate surface area is 230 Å². The molecule has 38 heavy (non-hydrogen) atoms. The van der Waals surface area contributed by atoms with Crippen LogP contribution >= 0.6 is 23.2 Å². The number of fused-ring (bicyclic) bond motifs is 3. The van der Waals surface area contributed by atoms with Gasteiger partial charge in [-0.3, -0.25) is 4.90 Å². The minimum absolute atomic E-state index is 0.243. The van der Waals surface area contributed by atoms with Gasteiger partial charge in [-0.1, -0.05) is 41.4 Å². The minimum Gasteiger partial charge on any atom is -0.460 e. The van der Waals surface area contributed by atoms with Crippen molar-refractivity contribution in [2.75, 3.05) is 45.9 Å². The third kappa shape index (κ3) is 5.57. The van der Waals surface area contributed by atoms with Gasteiger partial charge in [-0.25, -0.2) is 14.6 Å². The lowest BCUT2D eigenvalue weighted by atomic mass is 10.1. The summed E-state index contributed by atoms with van der Waals surface area (Å²) in [5.74, 6) is -0.466. The standard InChI is InChI=1S/C28H28Cl2N4O4/c1-2-37-28(36)33-11-9-32(10-12-33)13-14-38-27(35)24-16-22-21-5-3-4-6-25(21)34(26(22)17-31-24)18-19-15-20(29)7-8-23(19)30/h3-8,15-17H,2,9-14,18H2,1H3. The van der Waals surface area contributed by atoms with Gasteiger partial charge in [-0.2, -0.15) is 0 Å². The van der Waals surface area contributed by atoms with Gasteiger partial charge in [0.1, 0.15) is 12.3 Å². The van der Waals surface area contributed by atoms with Crippen LogP contribution in [-0.4, -0.2) is 77.4 Å². The summed E-state index contributed by atoms with van der Waals surface area (Å²) in [5.41, 5.74) is 3.05. The van der Waals surface area contributed by atoms with Gasteiger partial charge in [0.15, 0.2) is 0 Å². The number of halogens is 2. The molecule has 198 valence electrons. The number of hydrogen-bond acceptors (Lipinski definition) is 6. The van der Waals surface area contributed by atoms with E-state index in [9.17, 15) is 9.59 Å². The van der Waals surface area contributed by atoms with Crippen molar-refractivity contribution < 1.29 is 19.1 Å². The second kappa shape index (κ2) is 11.6. The Kier molecular flexibility index (Phi) is 8.02. The zero-order valence-electron chi connectivity index (χ0n) is 21.0. The van der Waals surface area contributed by atoms with Gasteiger partial charge in [-0.15, -0.1) is 0 Å². The molecule has 0 radical (unpaired) electrons. The van der Waals surface area contributed by atoms with Crippen molar-refractivity contribution in [2.45, 2.75) is 13.5 Å². The highest BCUT2D eigenvalue weighted by Gasteiger charge is 2.22. The number of aromatic nitrogens is 2. The van der Waals surface area contributed by atoms with Gasteiger partial charge < -0.3 is 18.9 Å². The van der Waals surface area contributed by atoms with Gasteiger partial charge in [0.05, 0.1) is 18.3 Å². The Hall–Kier alpha value is -3.33. The molecule has 2 aromatic heterocycles. The average Bonchev–Trinajstić information content (AvgIpc) is 3.24. The van der Waals surface area contributed by atoms with Gasteiger partial charge in [-0.05, 0) is 42.8 Å². The fraction of sp³-hybridized carbons (Fsp3) is 0.321. The summed E-state index contributed by atoms with van der Waals surface area (Å²) >= 11 is 12.7. The van der Waals surface area contributed by atoms with Crippen molar-refractivity contribution in [1.29, 1.82) is 0 Å². The van der Waals surface area contributed by atoms with E-state index < -0.39 is 5.97 Å². The number of pyridine rings is 1. The molecule has 0 unspecified atom stereocenters. The van der Waals surface area contributed by atoms with Crippen molar-refractivity contribution in [1.82, 2.24) is 19.4 Å². The maximum Gasteiger partial charge on any atom is 0.409 e. The summed E-state index contributed by atoms with van der Waals surface area (Å²) in [4.78, 5) is 33.0. The number of piperazine rings is 1. The molecule has 1 aliphatic heterocycles. The number of carbonyl (C=O) groups is 2. The van der Waals surface area contributed by atoms with Gasteiger partial charge in [0.2, 0.25) is 0 Å². The number of esters is 1. The van der Waals surface area contributed by atoms with E-state index in [2.05, 4.69) is 14.5 Å². The summed E-state index contributed by atoms with van der Waals surface area (Å²) < 4.78 is 12.7. The Balaban J connectivity index is 1.28. The van der Waals surface area contributed by atoms with Crippen LogP contribution in [0.5, 0.6) is 0 Å². The van der Waals surface area contributed by atoms with Crippen molar-refractivity contribution >= 4 is 57.1 Å². The van der Waals surface area contributed by atoms with Gasteiger partial charge in [0.25, 0.3) is 0 Å². The lowest BCUT2D eigenvalue weighted by Crippen LogP contribution is -2.49. The minimum atomic E-state index is -0.466. The Morgan fingerprint density at radius 2 is 1.74 bits per heavy atom. The zero-order chi connectivity index (χ0) is 26.6. The van der Waals surface area contributed by atoms with Crippen molar-refractivity contribution in [3.8, 4) is 0 Å². The quantitative estimate of drug-likeness (QED) is 0.282. The normalized spacial score (nSPS) is 14.2. The molecular formula is C28H28Cl2N4O4. The Morgan fingerprint density at radius 1 is 0.947 bits per heavy atom. The molecule has 2 aromatic carbocycles. The first-order chi connectivity index (χ1) is 18.4. The van der Waals surface area contributed by atoms with Crippen molar-refractivity contribution in [3.05, 3.63) is 76.0 Å². The largest absolute Gasteiger partial charge is 0.460 e. The van der Waals surface area contributed by atoms with E-state index in [4.69, 9.17) is 32.7 Å². The van der Waals surface area contributed by atoms with Crippen LogP contribution in [0.4, 0.5) is 4.79 Å². The number of carbonyl (C=O) groups excluding carboxylic acids is 2. The second-order valence-electron chi connectivity index (χ2n) is 9.09. The number of benzene rings is 2. The van der Waals surface area contributed by atoms with Crippen LogP contribution in [0.1, 0.15) is 23.0 Å². The molecular weight excluding hydrogens is 527 g/mol. The summed E-state index contributed by atoms with van der Waals surface area (Å²) in [6, 6.07) is 15.2. The third-order valence-corrected chi connectivity index (χ3v) is 7.35. The van der Waals surface area contributed by atoms with E-state index in [1.165, 1.54) is 0 Å². The molecule has 4 aromatic rings. The molecule has 5 rings (SSSR count). The van der Waals surface area contributed by atoms with E-state index >= 15 is 0 Å². The van der Waals surface area contributed by atoms with Crippen LogP contribution in [0.3, 0.4) is 0 Å². The van der Waals surface area contributed by atoms with Crippen LogP contribution in [0.2, 0.25) is 10.0 Å². The molecule has 8 nitrogen and oxygen atoms in total. The van der Waals surface area contributed by atoms with Crippen LogP contribution in [-0.2, 0) is 16.0 Å². The molecule has 0 saturated carbocycles. The average molecular weight is 555 g/mol. The molecule has 0 bridgehead atoms. The number of para-hydroxylation sites is 1. The maximum absolute atomic E-state index is 12.8. The van der Waals surface area contributed by atoms with Crippen LogP contribution in [0, 0.1) is 0 Å². The first kappa shape index (κ1) is 26.3. The monoisotopic (exact) mass is 554 g/mol. The number of amides is 1. The van der Waals surface area contributed by atoms with Crippen LogP contribution < -0.4 is 0 Å². The Morgan fingerprint density at radius 3 is 2.53 bits per heavy atom. The summed E-state index contributed by atoms with van der Waals surface area (Å²) in [5, 5.41) is 3.18. The first-order valence-corrected chi connectivity index (χ1v) is 13.3. The third-order valence-electron chi connectivity index (χ3n) is 6.74. The fourth-order valence-corrected chi connectivity index (χ4v) is 5.14. The van der Waals surface area contributed by atoms with Crippen molar-refractivity contribution in [3.63, 3.8) is 0 Å². The molecule has 0 N–H and O–H groups in total. The fourth-order valence-electron chi connectivity index (χ4n) is 4.77. The molecule has 0 atom stereocenters. The predicted octanol–water partition coefficient (Wildman–Crippen LogP) is 5.48. The number of rotatable bonds is 7. The first-order valence-electron chi connectivity index (χ1n) is 12.6. The highest BCUT2D eigenvalue weighted by atomic mass is 35.5. The molecule has 3 heterocycles. The lowest BCUT2D eigenvalue weighted by Gasteiger charge is -2.33. The molecule has 1 amide bonds.